The van der Waals surface area contributed by atoms with Gasteiger partial charge in [0.1, 0.15) is 11.8 Å². The summed E-state index contributed by atoms with van der Waals surface area (Å²) in [5.74, 6) is -7.14. The molecular formula is C30H33F7N6O3. The quantitative estimate of drug-likeness (QED) is 0.227. The molecule has 3 fully saturated rings. The van der Waals surface area contributed by atoms with Crippen molar-refractivity contribution in [3.8, 4) is 0 Å². The van der Waals surface area contributed by atoms with E-state index in [0.29, 0.717) is 11.4 Å². The van der Waals surface area contributed by atoms with Gasteiger partial charge in [-0.1, -0.05) is 5.16 Å². The highest BCUT2D eigenvalue weighted by atomic mass is 19.4. The van der Waals surface area contributed by atoms with Crippen molar-refractivity contribution in [2.45, 2.75) is 101 Å². The number of carbonyl (C=O) groups excluding carboxylic acids is 2. The summed E-state index contributed by atoms with van der Waals surface area (Å²) < 4.78 is 99.4. The highest BCUT2D eigenvalue weighted by Crippen LogP contribution is 2.45. The highest BCUT2D eigenvalue weighted by molar-refractivity contribution is 5.95. The predicted molar refractivity (Wildman–Crippen MR) is 147 cm³/mol. The molecule has 2 unspecified atom stereocenters. The smallest absolute Gasteiger partial charge is 0.364 e. The molecule has 3 aromatic heterocycles. The Hall–Kier alpha value is -3.72. The molecule has 3 heterocycles. The van der Waals surface area contributed by atoms with Gasteiger partial charge in [0, 0.05) is 57.3 Å². The molecule has 2 atom stereocenters. The number of nitrogens with one attached hydrogen (secondary N) is 2. The Balaban J connectivity index is 1.22. The van der Waals surface area contributed by atoms with Crippen LogP contribution in [0.25, 0.3) is 5.78 Å². The van der Waals surface area contributed by atoms with Crippen LogP contribution in [0.2, 0.25) is 0 Å². The van der Waals surface area contributed by atoms with Crippen LogP contribution >= 0.6 is 0 Å². The first-order valence-corrected chi connectivity index (χ1v) is 15.4. The maximum absolute atomic E-state index is 14.0. The maximum Gasteiger partial charge on any atom is 0.389 e. The first kappa shape index (κ1) is 32.2. The number of aromatic nitrogens is 4. The minimum absolute atomic E-state index is 0.000490. The highest BCUT2D eigenvalue weighted by Gasteiger charge is 2.46. The normalized spacial score (nSPS) is 21.5. The second-order valence-electron chi connectivity index (χ2n) is 12.9. The largest absolute Gasteiger partial charge is 0.389 e. The van der Waals surface area contributed by atoms with E-state index >= 15 is 0 Å². The molecule has 2 amide bonds. The lowest BCUT2D eigenvalue weighted by Gasteiger charge is -2.34. The molecular weight excluding hydrogens is 625 g/mol. The van der Waals surface area contributed by atoms with E-state index in [1.54, 1.807) is 22.9 Å². The van der Waals surface area contributed by atoms with Crippen LogP contribution in [0, 0.1) is 17.8 Å². The lowest BCUT2D eigenvalue weighted by Crippen LogP contribution is -2.39. The van der Waals surface area contributed by atoms with E-state index in [2.05, 4.69) is 25.8 Å². The van der Waals surface area contributed by atoms with Crippen LogP contribution in [0.3, 0.4) is 0 Å². The summed E-state index contributed by atoms with van der Waals surface area (Å²) in [6, 6.07) is 0.384. The Labute approximate surface area is 258 Å². The summed E-state index contributed by atoms with van der Waals surface area (Å²) in [6.07, 6.45) is -1.60. The van der Waals surface area contributed by atoms with Crippen molar-refractivity contribution in [2.24, 2.45) is 17.8 Å². The fourth-order valence-corrected chi connectivity index (χ4v) is 6.45. The summed E-state index contributed by atoms with van der Waals surface area (Å²) in [5, 5.41) is 9.28. The molecule has 0 saturated heterocycles. The van der Waals surface area contributed by atoms with Gasteiger partial charge in [0.15, 0.2) is 0 Å². The van der Waals surface area contributed by atoms with Gasteiger partial charge in [-0.15, -0.1) is 0 Å². The second-order valence-corrected chi connectivity index (χ2v) is 12.9. The van der Waals surface area contributed by atoms with Crippen molar-refractivity contribution < 1.29 is 44.8 Å². The maximum atomic E-state index is 14.0. The molecule has 3 aliphatic rings. The molecule has 9 nitrogen and oxygen atoms in total. The summed E-state index contributed by atoms with van der Waals surface area (Å²) in [5.41, 5.74) is 0.480. The molecule has 2 N–H and O–H groups in total. The number of rotatable bonds is 11. The van der Waals surface area contributed by atoms with Gasteiger partial charge in [0.25, 0.3) is 5.91 Å². The average Bonchev–Trinajstić information content (AvgIpc) is 3.52. The fourth-order valence-electron chi connectivity index (χ4n) is 6.45. The third kappa shape index (κ3) is 7.63. The Bertz CT molecular complexity index is 1570. The number of hydrogen-bond donors (Lipinski definition) is 2. The third-order valence-electron chi connectivity index (χ3n) is 9.12. The molecule has 6 rings (SSSR count). The van der Waals surface area contributed by atoms with Gasteiger partial charge in [-0.3, -0.25) is 14.0 Å². The van der Waals surface area contributed by atoms with Crippen molar-refractivity contribution in [2.75, 3.05) is 0 Å². The summed E-state index contributed by atoms with van der Waals surface area (Å²) in [6.45, 7) is 0. The van der Waals surface area contributed by atoms with Crippen molar-refractivity contribution in [1.82, 2.24) is 30.2 Å². The zero-order valence-electron chi connectivity index (χ0n) is 24.6. The first-order chi connectivity index (χ1) is 21.6. The molecule has 16 heteroatoms. The predicted octanol–water partition coefficient (Wildman–Crippen LogP) is 6.51. The van der Waals surface area contributed by atoms with Gasteiger partial charge in [-0.05, 0) is 49.5 Å². The topological polar surface area (TPSA) is 114 Å². The Morgan fingerprint density at radius 3 is 2.26 bits per heavy atom. The van der Waals surface area contributed by atoms with Crippen LogP contribution < -0.4 is 10.6 Å². The van der Waals surface area contributed by atoms with Gasteiger partial charge in [0.2, 0.25) is 23.5 Å². The van der Waals surface area contributed by atoms with E-state index in [0.717, 1.165) is 19.1 Å². The van der Waals surface area contributed by atoms with Crippen molar-refractivity contribution in [3.05, 3.63) is 47.4 Å². The van der Waals surface area contributed by atoms with E-state index in [1.807, 2.05) is 0 Å². The van der Waals surface area contributed by atoms with E-state index in [9.17, 15) is 40.3 Å². The molecule has 3 saturated carbocycles. The number of aryl methyl sites for hydroxylation is 1. The van der Waals surface area contributed by atoms with Gasteiger partial charge < -0.3 is 15.2 Å². The van der Waals surface area contributed by atoms with E-state index in [4.69, 9.17) is 4.52 Å². The van der Waals surface area contributed by atoms with Crippen LogP contribution in [0.5, 0.6) is 0 Å². The average molecular weight is 659 g/mol. The Kier molecular flexibility index (Phi) is 8.51. The van der Waals surface area contributed by atoms with Crippen molar-refractivity contribution in [3.63, 3.8) is 0 Å². The zero-order valence-corrected chi connectivity index (χ0v) is 24.6. The first-order valence-electron chi connectivity index (χ1n) is 15.4. The minimum atomic E-state index is -4.47. The van der Waals surface area contributed by atoms with Gasteiger partial charge >= 0.3 is 6.18 Å². The lowest BCUT2D eigenvalue weighted by atomic mass is 9.79. The number of alkyl halides is 7. The third-order valence-corrected chi connectivity index (χ3v) is 9.12. The molecule has 250 valence electrons. The van der Waals surface area contributed by atoms with Crippen LogP contribution in [-0.2, 0) is 11.2 Å². The van der Waals surface area contributed by atoms with Crippen LogP contribution in [0.15, 0.2) is 29.2 Å². The number of carbonyl (C=O) groups is 2. The van der Waals surface area contributed by atoms with Crippen molar-refractivity contribution >= 4 is 17.6 Å². The monoisotopic (exact) mass is 658 g/mol. The molecule has 0 radical (unpaired) electrons. The fraction of sp³-hybridized carbons (Fsp3) is 0.633. The molecule has 0 aromatic carbocycles. The summed E-state index contributed by atoms with van der Waals surface area (Å²) in [7, 11) is 0. The van der Waals surface area contributed by atoms with Crippen LogP contribution in [0.4, 0.5) is 30.7 Å². The van der Waals surface area contributed by atoms with E-state index in [1.165, 1.54) is 0 Å². The number of imidazole rings is 1. The van der Waals surface area contributed by atoms with Gasteiger partial charge in [0.05, 0.1) is 29.2 Å². The molecule has 0 aliphatic heterocycles. The number of fused-ring (bicyclic) bond motifs is 1. The van der Waals surface area contributed by atoms with Gasteiger partial charge in [-0.2, -0.15) is 13.2 Å². The molecule has 46 heavy (non-hydrogen) atoms. The van der Waals surface area contributed by atoms with Crippen molar-refractivity contribution in [1.29, 1.82) is 0 Å². The summed E-state index contributed by atoms with van der Waals surface area (Å²) >= 11 is 0. The standard InChI is InChI=1S/C30H33F7N6O3/c31-28(32)7-3-18(4-8-28)25(41-26(45)19-15-46-42-20(19)5-9-30(35,36)37)22-14-43-10-6-21(38-27(43)39-22)24(17-1-2-17)40-23(44)11-16-12-29(33,34)13-16/h6,10,14-18,24-25H,1-5,7-9,11-13H2,(H,40,44)(H,41,45). The lowest BCUT2D eigenvalue weighted by molar-refractivity contribution is -0.135. The Morgan fingerprint density at radius 2 is 1.61 bits per heavy atom. The van der Waals surface area contributed by atoms with Crippen LogP contribution in [-0.4, -0.2) is 49.4 Å². The summed E-state index contributed by atoms with van der Waals surface area (Å²) in [4.78, 5) is 35.3. The van der Waals surface area contributed by atoms with E-state index in [-0.39, 0.29) is 66.9 Å². The van der Waals surface area contributed by atoms with E-state index < -0.39 is 67.6 Å². The molecule has 3 aliphatic carbocycles. The number of amides is 2. The molecule has 3 aromatic rings. The molecule has 0 bridgehead atoms. The molecule has 0 spiro atoms. The number of nitrogens with zero attached hydrogens (tertiary/aromatic N) is 4. The Morgan fingerprint density at radius 1 is 0.957 bits per heavy atom. The SMILES string of the molecule is O=C(CC1CC(F)(F)C1)NC(c1ccn2cc(C(NC(=O)c3conc3CCC(F)(F)F)C3CCC(F)(F)CC3)nc2n1)C1CC1. The van der Waals surface area contributed by atoms with Gasteiger partial charge in [-0.25, -0.2) is 27.5 Å². The number of halogens is 7. The minimum Gasteiger partial charge on any atom is -0.364 e. The van der Waals surface area contributed by atoms with Crippen LogP contribution in [0.1, 0.15) is 104 Å². The zero-order chi connectivity index (χ0) is 32.9. The second kappa shape index (κ2) is 12.1. The number of hydrogen-bond acceptors (Lipinski definition) is 6.